The standard InChI is InChI=1S/C18H15NO2S/c1-12-10-13(19-16-8-4-2-6-14(12)16)11-22-17-9-5-3-7-15(17)18(20)21/h2-10H,11H2,1H3,(H,20,21). The number of aryl methyl sites for hydroxylation is 1. The van der Waals surface area contributed by atoms with E-state index >= 15 is 0 Å². The van der Waals surface area contributed by atoms with Gasteiger partial charge in [0.05, 0.1) is 16.8 Å². The van der Waals surface area contributed by atoms with E-state index in [1.54, 1.807) is 12.1 Å². The molecule has 0 spiro atoms. The minimum atomic E-state index is -0.897. The van der Waals surface area contributed by atoms with Gasteiger partial charge in [0.25, 0.3) is 0 Å². The van der Waals surface area contributed by atoms with Crippen LogP contribution in [0.2, 0.25) is 0 Å². The van der Waals surface area contributed by atoms with Crippen LogP contribution >= 0.6 is 11.8 Å². The summed E-state index contributed by atoms with van der Waals surface area (Å²) in [5, 5.41) is 10.4. The van der Waals surface area contributed by atoms with Crippen LogP contribution in [0, 0.1) is 6.92 Å². The van der Waals surface area contributed by atoms with Crippen molar-refractivity contribution in [2.24, 2.45) is 0 Å². The van der Waals surface area contributed by atoms with Gasteiger partial charge in [0.15, 0.2) is 0 Å². The molecule has 0 unspecified atom stereocenters. The van der Waals surface area contributed by atoms with Crippen molar-refractivity contribution in [2.45, 2.75) is 17.6 Å². The van der Waals surface area contributed by atoms with Crippen LogP contribution in [0.15, 0.2) is 59.5 Å². The average Bonchev–Trinajstić information content (AvgIpc) is 2.53. The third kappa shape index (κ3) is 2.97. The highest BCUT2D eigenvalue weighted by atomic mass is 32.2. The van der Waals surface area contributed by atoms with Gasteiger partial charge in [-0.25, -0.2) is 4.79 Å². The van der Waals surface area contributed by atoms with Crippen LogP contribution in [0.5, 0.6) is 0 Å². The van der Waals surface area contributed by atoms with E-state index in [0.717, 1.165) is 21.5 Å². The number of benzene rings is 2. The number of carboxylic acids is 1. The molecule has 4 heteroatoms. The summed E-state index contributed by atoms with van der Waals surface area (Å²) < 4.78 is 0. The van der Waals surface area contributed by atoms with Crippen molar-refractivity contribution >= 4 is 28.6 Å². The van der Waals surface area contributed by atoms with Crippen molar-refractivity contribution < 1.29 is 9.90 Å². The molecule has 0 saturated heterocycles. The van der Waals surface area contributed by atoms with E-state index in [9.17, 15) is 9.90 Å². The van der Waals surface area contributed by atoms with Gasteiger partial charge in [0, 0.05) is 16.0 Å². The molecule has 110 valence electrons. The van der Waals surface area contributed by atoms with Gasteiger partial charge >= 0.3 is 5.97 Å². The minimum absolute atomic E-state index is 0.338. The first kappa shape index (κ1) is 14.6. The van der Waals surface area contributed by atoms with Gasteiger partial charge in [-0.3, -0.25) is 4.98 Å². The minimum Gasteiger partial charge on any atom is -0.478 e. The second-order valence-corrected chi connectivity index (χ2v) is 6.05. The molecule has 0 saturated carbocycles. The third-order valence-corrected chi connectivity index (χ3v) is 4.58. The molecule has 1 aromatic heterocycles. The Kier molecular flexibility index (Phi) is 4.11. The molecule has 0 aliphatic carbocycles. The van der Waals surface area contributed by atoms with Crippen molar-refractivity contribution in [3.63, 3.8) is 0 Å². The molecule has 0 aliphatic rings. The number of rotatable bonds is 4. The molecule has 0 amide bonds. The zero-order valence-electron chi connectivity index (χ0n) is 12.1. The Morgan fingerprint density at radius 1 is 1.14 bits per heavy atom. The maximum atomic E-state index is 11.2. The SMILES string of the molecule is Cc1cc(CSc2ccccc2C(=O)O)nc2ccccc12. The zero-order chi connectivity index (χ0) is 15.5. The molecule has 3 rings (SSSR count). The molecule has 0 bridgehead atoms. The van der Waals surface area contributed by atoms with Crippen LogP contribution in [0.25, 0.3) is 10.9 Å². The topological polar surface area (TPSA) is 50.2 Å². The van der Waals surface area contributed by atoms with Gasteiger partial charge < -0.3 is 5.11 Å². The predicted molar refractivity (Wildman–Crippen MR) is 89.4 cm³/mol. The van der Waals surface area contributed by atoms with Gasteiger partial charge in [-0.2, -0.15) is 0 Å². The molecule has 3 nitrogen and oxygen atoms in total. The van der Waals surface area contributed by atoms with Crippen LogP contribution in [0.1, 0.15) is 21.6 Å². The largest absolute Gasteiger partial charge is 0.478 e. The van der Waals surface area contributed by atoms with E-state index < -0.39 is 5.97 Å². The Morgan fingerprint density at radius 2 is 1.86 bits per heavy atom. The number of para-hydroxylation sites is 1. The van der Waals surface area contributed by atoms with Crippen molar-refractivity contribution in [1.29, 1.82) is 0 Å². The second-order valence-electron chi connectivity index (χ2n) is 5.04. The summed E-state index contributed by atoms with van der Waals surface area (Å²) >= 11 is 1.50. The van der Waals surface area contributed by atoms with Crippen LogP contribution < -0.4 is 0 Å². The number of thioether (sulfide) groups is 1. The lowest BCUT2D eigenvalue weighted by Gasteiger charge is -2.08. The summed E-state index contributed by atoms with van der Waals surface area (Å²) in [5.74, 6) is -0.249. The van der Waals surface area contributed by atoms with E-state index in [0.29, 0.717) is 11.3 Å². The summed E-state index contributed by atoms with van der Waals surface area (Å²) in [6, 6.07) is 17.2. The highest BCUT2D eigenvalue weighted by Crippen LogP contribution is 2.27. The fourth-order valence-corrected chi connectivity index (χ4v) is 3.35. The van der Waals surface area contributed by atoms with Gasteiger partial charge in [-0.15, -0.1) is 11.8 Å². The quantitative estimate of drug-likeness (QED) is 0.719. The molecule has 0 atom stereocenters. The highest BCUT2D eigenvalue weighted by Gasteiger charge is 2.10. The lowest BCUT2D eigenvalue weighted by molar-refractivity contribution is 0.0693. The van der Waals surface area contributed by atoms with Crippen molar-refractivity contribution in [1.82, 2.24) is 4.98 Å². The monoisotopic (exact) mass is 309 g/mol. The zero-order valence-corrected chi connectivity index (χ0v) is 12.9. The average molecular weight is 309 g/mol. The molecular formula is C18H15NO2S. The Bertz CT molecular complexity index is 845. The smallest absolute Gasteiger partial charge is 0.336 e. The molecule has 2 aromatic carbocycles. The van der Waals surface area contributed by atoms with Crippen LogP contribution in [0.4, 0.5) is 0 Å². The summed E-state index contributed by atoms with van der Waals surface area (Å²) in [4.78, 5) is 16.7. The normalized spacial score (nSPS) is 10.8. The van der Waals surface area contributed by atoms with Gasteiger partial charge in [0.2, 0.25) is 0 Å². The van der Waals surface area contributed by atoms with Crippen molar-refractivity contribution in [2.75, 3.05) is 0 Å². The van der Waals surface area contributed by atoms with E-state index in [4.69, 9.17) is 0 Å². The number of carbonyl (C=O) groups is 1. The number of hydrogen-bond acceptors (Lipinski definition) is 3. The molecule has 0 fully saturated rings. The molecular weight excluding hydrogens is 294 g/mol. The first-order chi connectivity index (χ1) is 10.6. The summed E-state index contributed by atoms with van der Waals surface area (Å²) in [6.07, 6.45) is 0. The second kappa shape index (κ2) is 6.20. The Morgan fingerprint density at radius 3 is 2.68 bits per heavy atom. The van der Waals surface area contributed by atoms with Gasteiger partial charge in [0.1, 0.15) is 0 Å². The third-order valence-electron chi connectivity index (χ3n) is 3.47. The number of fused-ring (bicyclic) bond motifs is 1. The van der Waals surface area contributed by atoms with Gasteiger partial charge in [-0.1, -0.05) is 30.3 Å². The fourth-order valence-electron chi connectivity index (χ4n) is 2.41. The number of aromatic nitrogens is 1. The molecule has 1 heterocycles. The van der Waals surface area contributed by atoms with Crippen LogP contribution in [-0.2, 0) is 5.75 Å². The molecule has 22 heavy (non-hydrogen) atoms. The van der Waals surface area contributed by atoms with Crippen molar-refractivity contribution in [3.05, 3.63) is 71.4 Å². The maximum absolute atomic E-state index is 11.2. The van der Waals surface area contributed by atoms with Crippen molar-refractivity contribution in [3.8, 4) is 0 Å². The predicted octanol–water partition coefficient (Wildman–Crippen LogP) is 4.53. The Hall–Kier alpha value is -2.33. The maximum Gasteiger partial charge on any atom is 0.336 e. The van der Waals surface area contributed by atoms with E-state index in [1.165, 1.54) is 17.3 Å². The number of pyridine rings is 1. The summed E-state index contributed by atoms with van der Waals surface area (Å²) in [7, 11) is 0. The summed E-state index contributed by atoms with van der Waals surface area (Å²) in [6.45, 7) is 2.07. The Labute approximate surface area is 133 Å². The number of hydrogen-bond donors (Lipinski definition) is 1. The lowest BCUT2D eigenvalue weighted by Crippen LogP contribution is -1.98. The van der Waals surface area contributed by atoms with Gasteiger partial charge in [-0.05, 0) is 36.8 Å². The van der Waals surface area contributed by atoms with E-state index in [2.05, 4.69) is 24.0 Å². The van der Waals surface area contributed by atoms with E-state index in [-0.39, 0.29) is 0 Å². The van der Waals surface area contributed by atoms with Crippen LogP contribution in [-0.4, -0.2) is 16.1 Å². The first-order valence-corrected chi connectivity index (χ1v) is 7.94. The molecule has 3 aromatic rings. The first-order valence-electron chi connectivity index (χ1n) is 6.95. The summed E-state index contributed by atoms with van der Waals surface area (Å²) in [5.41, 5.74) is 3.46. The molecule has 1 N–H and O–H groups in total. The molecule has 0 aliphatic heterocycles. The highest BCUT2D eigenvalue weighted by molar-refractivity contribution is 7.98. The van der Waals surface area contributed by atoms with Crippen LogP contribution in [0.3, 0.4) is 0 Å². The number of nitrogens with zero attached hydrogens (tertiary/aromatic N) is 1. The fraction of sp³-hybridized carbons (Fsp3) is 0.111. The lowest BCUT2D eigenvalue weighted by atomic mass is 10.1. The van der Waals surface area contributed by atoms with E-state index in [1.807, 2.05) is 30.3 Å². The number of carboxylic acid groups (broad SMARTS) is 1. The number of aromatic carboxylic acids is 1. The molecule has 0 radical (unpaired) electrons. The Balaban J connectivity index is 1.87.